The summed E-state index contributed by atoms with van der Waals surface area (Å²) in [5, 5.41) is 14.5. The Morgan fingerprint density at radius 1 is 1.32 bits per heavy atom. The third-order valence-corrected chi connectivity index (χ3v) is 3.91. The summed E-state index contributed by atoms with van der Waals surface area (Å²) in [5.41, 5.74) is 1.13. The Labute approximate surface area is 131 Å². The number of ether oxygens (including phenoxy) is 1. The molecule has 0 spiro atoms. The molecule has 2 N–H and O–H groups in total. The lowest BCUT2D eigenvalue weighted by atomic mass is 9.91. The molecule has 0 aliphatic heterocycles. The Bertz CT molecular complexity index is 639. The van der Waals surface area contributed by atoms with Crippen molar-refractivity contribution in [1.29, 1.82) is 0 Å². The third-order valence-electron chi connectivity index (χ3n) is 3.91. The Morgan fingerprint density at radius 3 is 2.82 bits per heavy atom. The molecular formula is C18H23NO3. The molecule has 0 saturated carbocycles. The highest BCUT2D eigenvalue weighted by molar-refractivity contribution is 5.87. The highest BCUT2D eigenvalue weighted by Crippen LogP contribution is 2.30. The van der Waals surface area contributed by atoms with Gasteiger partial charge < -0.3 is 15.2 Å². The summed E-state index contributed by atoms with van der Waals surface area (Å²) < 4.78 is 5.31. The van der Waals surface area contributed by atoms with Gasteiger partial charge in [-0.3, -0.25) is 4.79 Å². The van der Waals surface area contributed by atoms with Crippen molar-refractivity contribution in [3.05, 3.63) is 42.0 Å². The van der Waals surface area contributed by atoms with Gasteiger partial charge in [0.15, 0.2) is 0 Å². The van der Waals surface area contributed by atoms with Gasteiger partial charge in [-0.05, 0) is 34.9 Å². The minimum Gasteiger partial charge on any atom is -0.497 e. The summed E-state index contributed by atoms with van der Waals surface area (Å²) in [6, 6.07) is 12.1. The van der Waals surface area contributed by atoms with E-state index >= 15 is 0 Å². The second-order valence-corrected chi connectivity index (χ2v) is 5.30. The summed E-state index contributed by atoms with van der Waals surface area (Å²) in [6.45, 7) is 2.45. The van der Waals surface area contributed by atoms with E-state index in [1.165, 1.54) is 0 Å². The summed E-state index contributed by atoms with van der Waals surface area (Å²) in [6.07, 6.45) is 1.08. The lowest BCUT2D eigenvalue weighted by Crippen LogP contribution is -2.28. The van der Waals surface area contributed by atoms with Crippen LogP contribution in [0.25, 0.3) is 10.8 Å². The van der Waals surface area contributed by atoms with Crippen LogP contribution in [-0.2, 0) is 4.79 Å². The summed E-state index contributed by atoms with van der Waals surface area (Å²) in [7, 11) is 1.65. The molecule has 0 heterocycles. The molecule has 0 aliphatic rings. The Hall–Kier alpha value is -2.07. The molecule has 0 aromatic heterocycles. The summed E-state index contributed by atoms with van der Waals surface area (Å²) >= 11 is 0. The van der Waals surface area contributed by atoms with E-state index in [2.05, 4.69) is 17.4 Å². The van der Waals surface area contributed by atoms with Crippen molar-refractivity contribution in [2.24, 2.45) is 0 Å². The van der Waals surface area contributed by atoms with E-state index in [1.807, 2.05) is 31.2 Å². The van der Waals surface area contributed by atoms with Crippen LogP contribution in [0, 0.1) is 0 Å². The lowest BCUT2D eigenvalue weighted by molar-refractivity contribution is -0.120. The molecule has 2 aromatic rings. The minimum atomic E-state index is 0.0285. The molecule has 0 radical (unpaired) electrons. The number of methoxy groups -OCH3 is 1. The lowest BCUT2D eigenvalue weighted by Gasteiger charge is -2.19. The van der Waals surface area contributed by atoms with Crippen molar-refractivity contribution in [1.82, 2.24) is 5.32 Å². The molecule has 0 aliphatic carbocycles. The standard InChI is InChI=1S/C18H23NO3/c1-3-18(21)19-12-14(9-10-20)16-6-4-5-13-7-8-15(22-2)11-17(13)16/h4-8,11,14,20H,3,9-10,12H2,1-2H3,(H,19,21). The fraction of sp³-hybridized carbons (Fsp3) is 0.389. The number of carbonyl (C=O) groups excluding carboxylic acids is 1. The molecule has 1 atom stereocenters. The number of carbonyl (C=O) groups is 1. The van der Waals surface area contributed by atoms with E-state index in [0.29, 0.717) is 19.4 Å². The highest BCUT2D eigenvalue weighted by atomic mass is 16.5. The number of rotatable bonds is 7. The van der Waals surface area contributed by atoms with Crippen LogP contribution in [0.4, 0.5) is 0 Å². The number of nitrogens with one attached hydrogen (secondary N) is 1. The van der Waals surface area contributed by atoms with Crippen molar-refractivity contribution in [2.75, 3.05) is 20.3 Å². The van der Waals surface area contributed by atoms with E-state index in [4.69, 9.17) is 4.74 Å². The van der Waals surface area contributed by atoms with Crippen molar-refractivity contribution >= 4 is 16.7 Å². The van der Waals surface area contributed by atoms with Crippen molar-refractivity contribution in [2.45, 2.75) is 25.7 Å². The van der Waals surface area contributed by atoms with E-state index < -0.39 is 0 Å². The first-order valence-electron chi connectivity index (χ1n) is 7.63. The molecule has 22 heavy (non-hydrogen) atoms. The van der Waals surface area contributed by atoms with Gasteiger partial charge in [0.05, 0.1) is 7.11 Å². The number of aliphatic hydroxyl groups excluding tert-OH is 1. The molecule has 4 nitrogen and oxygen atoms in total. The number of amides is 1. The van der Waals surface area contributed by atoms with Crippen molar-refractivity contribution in [3.8, 4) is 5.75 Å². The monoisotopic (exact) mass is 301 g/mol. The van der Waals surface area contributed by atoms with Crippen LogP contribution in [0.2, 0.25) is 0 Å². The maximum absolute atomic E-state index is 11.5. The van der Waals surface area contributed by atoms with Crippen LogP contribution in [-0.4, -0.2) is 31.3 Å². The number of aliphatic hydroxyl groups is 1. The summed E-state index contributed by atoms with van der Waals surface area (Å²) in [5.74, 6) is 0.914. The van der Waals surface area contributed by atoms with E-state index in [1.54, 1.807) is 7.11 Å². The number of benzene rings is 2. The topological polar surface area (TPSA) is 58.6 Å². The van der Waals surface area contributed by atoms with Crippen LogP contribution in [0.5, 0.6) is 5.75 Å². The predicted molar refractivity (Wildman–Crippen MR) is 88.2 cm³/mol. The molecule has 1 unspecified atom stereocenters. The number of hydrogen-bond acceptors (Lipinski definition) is 3. The quantitative estimate of drug-likeness (QED) is 0.827. The second kappa shape index (κ2) is 7.80. The average molecular weight is 301 g/mol. The number of fused-ring (bicyclic) bond motifs is 1. The molecule has 0 fully saturated rings. The van der Waals surface area contributed by atoms with Gasteiger partial charge in [0.1, 0.15) is 5.75 Å². The normalized spacial score (nSPS) is 12.1. The maximum Gasteiger partial charge on any atom is 0.219 e. The smallest absolute Gasteiger partial charge is 0.219 e. The molecule has 1 amide bonds. The molecule has 2 rings (SSSR count). The Morgan fingerprint density at radius 2 is 2.14 bits per heavy atom. The molecule has 4 heteroatoms. The fourth-order valence-corrected chi connectivity index (χ4v) is 2.64. The van der Waals surface area contributed by atoms with Crippen molar-refractivity contribution in [3.63, 3.8) is 0 Å². The van der Waals surface area contributed by atoms with Gasteiger partial charge in [-0.1, -0.05) is 31.2 Å². The zero-order valence-corrected chi connectivity index (χ0v) is 13.1. The van der Waals surface area contributed by atoms with Gasteiger partial charge in [0, 0.05) is 25.5 Å². The largest absolute Gasteiger partial charge is 0.497 e. The molecule has 2 aromatic carbocycles. The highest BCUT2D eigenvalue weighted by Gasteiger charge is 2.15. The molecule has 0 bridgehead atoms. The van der Waals surface area contributed by atoms with Crippen LogP contribution in [0.1, 0.15) is 31.2 Å². The molecule has 118 valence electrons. The minimum absolute atomic E-state index is 0.0285. The van der Waals surface area contributed by atoms with Gasteiger partial charge in [0.2, 0.25) is 5.91 Å². The van der Waals surface area contributed by atoms with E-state index in [-0.39, 0.29) is 18.4 Å². The first-order valence-corrected chi connectivity index (χ1v) is 7.63. The Balaban J connectivity index is 2.37. The van der Waals surface area contributed by atoms with Crippen LogP contribution >= 0.6 is 0 Å². The second-order valence-electron chi connectivity index (χ2n) is 5.30. The van der Waals surface area contributed by atoms with Gasteiger partial charge in [-0.2, -0.15) is 0 Å². The number of hydrogen-bond donors (Lipinski definition) is 2. The van der Waals surface area contributed by atoms with Gasteiger partial charge in [-0.25, -0.2) is 0 Å². The molecule has 0 saturated heterocycles. The van der Waals surface area contributed by atoms with Crippen LogP contribution in [0.3, 0.4) is 0 Å². The van der Waals surface area contributed by atoms with E-state index in [0.717, 1.165) is 22.1 Å². The predicted octanol–water partition coefficient (Wildman–Crippen LogP) is 2.84. The zero-order valence-electron chi connectivity index (χ0n) is 13.1. The first-order chi connectivity index (χ1) is 10.7. The van der Waals surface area contributed by atoms with E-state index in [9.17, 15) is 9.90 Å². The molecular weight excluding hydrogens is 278 g/mol. The maximum atomic E-state index is 11.5. The van der Waals surface area contributed by atoms with Gasteiger partial charge in [0.25, 0.3) is 0 Å². The zero-order chi connectivity index (χ0) is 15.9. The Kier molecular flexibility index (Phi) is 5.78. The first kappa shape index (κ1) is 16.3. The van der Waals surface area contributed by atoms with Gasteiger partial charge >= 0.3 is 0 Å². The summed E-state index contributed by atoms with van der Waals surface area (Å²) in [4.78, 5) is 11.5. The SMILES string of the molecule is CCC(=O)NCC(CCO)c1cccc2ccc(OC)cc12. The average Bonchev–Trinajstić information content (AvgIpc) is 2.57. The fourth-order valence-electron chi connectivity index (χ4n) is 2.64. The van der Waals surface area contributed by atoms with Crippen LogP contribution in [0.15, 0.2) is 36.4 Å². The van der Waals surface area contributed by atoms with Crippen LogP contribution < -0.4 is 10.1 Å². The van der Waals surface area contributed by atoms with Gasteiger partial charge in [-0.15, -0.1) is 0 Å². The third kappa shape index (κ3) is 3.77. The van der Waals surface area contributed by atoms with Crippen molar-refractivity contribution < 1.29 is 14.6 Å².